The van der Waals surface area contributed by atoms with Gasteiger partial charge < -0.3 is 15.2 Å². The fourth-order valence-corrected chi connectivity index (χ4v) is 2.50. The van der Waals surface area contributed by atoms with E-state index in [2.05, 4.69) is 17.9 Å². The number of carbonyl (C=O) groups is 2. The maximum atomic E-state index is 14.9. The number of nitrogens with one attached hydrogen (secondary N) is 1. The number of thiol groups is 1. The Morgan fingerprint density at radius 1 is 1.31 bits per heavy atom. The van der Waals surface area contributed by atoms with Crippen LogP contribution in [0.5, 0.6) is 5.75 Å². The van der Waals surface area contributed by atoms with E-state index in [0.717, 1.165) is 6.42 Å². The number of aliphatic carboxylic acids is 1. The molecule has 26 heavy (non-hydrogen) atoms. The molecular formula is C18H25F2NO4S. The number of amides is 1. The van der Waals surface area contributed by atoms with Gasteiger partial charge in [0.2, 0.25) is 5.91 Å². The summed E-state index contributed by atoms with van der Waals surface area (Å²) in [6.07, 6.45) is 1.07. The summed E-state index contributed by atoms with van der Waals surface area (Å²) in [6, 6.07) is 0. The van der Waals surface area contributed by atoms with E-state index in [9.17, 15) is 18.4 Å². The highest BCUT2D eigenvalue weighted by Crippen LogP contribution is 2.37. The number of hydrogen-bond acceptors (Lipinski definition) is 4. The molecule has 8 heteroatoms. The number of hydrogen-bond donors (Lipinski definition) is 3. The Balaban J connectivity index is 3.35. The second-order valence-electron chi connectivity index (χ2n) is 6.26. The molecular weight excluding hydrogens is 364 g/mol. The molecule has 5 nitrogen and oxygen atoms in total. The Morgan fingerprint density at radius 2 is 1.92 bits per heavy atom. The summed E-state index contributed by atoms with van der Waals surface area (Å²) in [5.41, 5.74) is -0.538. The van der Waals surface area contributed by atoms with E-state index in [1.54, 1.807) is 0 Å². The zero-order chi connectivity index (χ0) is 20.0. The highest BCUT2D eigenvalue weighted by atomic mass is 32.1. The van der Waals surface area contributed by atoms with Crippen molar-refractivity contribution in [2.75, 3.05) is 11.9 Å². The van der Waals surface area contributed by atoms with Crippen LogP contribution in [0.1, 0.15) is 44.7 Å². The van der Waals surface area contributed by atoms with E-state index < -0.39 is 29.4 Å². The lowest BCUT2D eigenvalue weighted by Crippen LogP contribution is -2.18. The quantitative estimate of drug-likeness (QED) is 0.559. The van der Waals surface area contributed by atoms with Gasteiger partial charge in [-0.15, -0.1) is 0 Å². The van der Waals surface area contributed by atoms with Gasteiger partial charge in [-0.05, 0) is 26.2 Å². The van der Waals surface area contributed by atoms with Crippen LogP contribution >= 0.6 is 12.6 Å². The second-order valence-corrected chi connectivity index (χ2v) is 6.99. The molecule has 2 N–H and O–H groups in total. The van der Waals surface area contributed by atoms with Crippen LogP contribution in [0.2, 0.25) is 0 Å². The Kier molecular flexibility index (Phi) is 8.33. The minimum Gasteiger partial charge on any atom is -0.490 e. The fraction of sp³-hybridized carbons (Fsp3) is 0.556. The smallest absolute Gasteiger partial charge is 0.306 e. The van der Waals surface area contributed by atoms with Gasteiger partial charge in [-0.2, -0.15) is 12.6 Å². The van der Waals surface area contributed by atoms with Gasteiger partial charge in [-0.1, -0.05) is 13.8 Å². The standard InChI is InChI=1S/C18H25F2NO4S/c1-5-12(26)6-7-25-17-13(8-9(2)18(23)24)14(19)10(3)16(15(17)20)21-11(4)22/h9,12,26H,5-8H2,1-4H3,(H,21,22)(H,23,24). The van der Waals surface area contributed by atoms with Gasteiger partial charge in [-0.25, -0.2) is 8.78 Å². The third-order valence-corrected chi connectivity index (χ3v) is 4.69. The Labute approximate surface area is 157 Å². The minimum absolute atomic E-state index is 0.0459. The van der Waals surface area contributed by atoms with Crippen LogP contribution in [0.3, 0.4) is 0 Å². The van der Waals surface area contributed by atoms with Gasteiger partial charge in [0, 0.05) is 23.3 Å². The number of halogens is 2. The second kappa shape index (κ2) is 9.75. The molecule has 0 aliphatic heterocycles. The van der Waals surface area contributed by atoms with E-state index >= 15 is 0 Å². The van der Waals surface area contributed by atoms with Crippen molar-refractivity contribution in [3.05, 3.63) is 22.8 Å². The largest absolute Gasteiger partial charge is 0.490 e. The van der Waals surface area contributed by atoms with Crippen LogP contribution in [0.4, 0.5) is 14.5 Å². The van der Waals surface area contributed by atoms with E-state index in [1.807, 2.05) is 6.92 Å². The van der Waals surface area contributed by atoms with Gasteiger partial charge in [0.05, 0.1) is 18.2 Å². The van der Waals surface area contributed by atoms with Gasteiger partial charge >= 0.3 is 5.97 Å². The van der Waals surface area contributed by atoms with E-state index in [1.165, 1.54) is 20.8 Å². The average Bonchev–Trinajstić information content (AvgIpc) is 2.58. The van der Waals surface area contributed by atoms with E-state index in [0.29, 0.717) is 6.42 Å². The molecule has 1 rings (SSSR count). The summed E-state index contributed by atoms with van der Waals surface area (Å²) < 4.78 is 35.2. The Morgan fingerprint density at radius 3 is 2.42 bits per heavy atom. The molecule has 0 saturated heterocycles. The Bertz CT molecular complexity index is 682. The molecule has 0 aromatic heterocycles. The summed E-state index contributed by atoms with van der Waals surface area (Å²) in [5.74, 6) is -4.65. The zero-order valence-corrected chi connectivity index (χ0v) is 16.3. The molecule has 146 valence electrons. The predicted octanol–water partition coefficient (Wildman–Crippen LogP) is 3.97. The third-order valence-electron chi connectivity index (χ3n) is 4.06. The summed E-state index contributed by atoms with van der Waals surface area (Å²) in [7, 11) is 0. The normalized spacial score (nSPS) is 13.2. The predicted molar refractivity (Wildman–Crippen MR) is 99.1 cm³/mol. The molecule has 0 saturated carbocycles. The number of benzene rings is 1. The number of ether oxygens (including phenoxy) is 1. The van der Waals surface area contributed by atoms with Gasteiger partial charge in [0.1, 0.15) is 5.82 Å². The lowest BCUT2D eigenvalue weighted by Gasteiger charge is -2.20. The van der Waals surface area contributed by atoms with Crippen LogP contribution in [-0.2, 0) is 16.0 Å². The molecule has 0 aliphatic carbocycles. The van der Waals surface area contributed by atoms with E-state index in [4.69, 9.17) is 9.84 Å². The maximum Gasteiger partial charge on any atom is 0.306 e. The lowest BCUT2D eigenvalue weighted by atomic mass is 9.96. The molecule has 0 bridgehead atoms. The highest BCUT2D eigenvalue weighted by Gasteiger charge is 2.27. The lowest BCUT2D eigenvalue weighted by molar-refractivity contribution is -0.141. The molecule has 0 spiro atoms. The SMILES string of the molecule is CCC(S)CCOc1c(F)c(NC(C)=O)c(C)c(F)c1CC(C)C(=O)O. The summed E-state index contributed by atoms with van der Waals surface area (Å²) in [5, 5.41) is 11.4. The minimum atomic E-state index is -1.12. The van der Waals surface area contributed by atoms with Crippen LogP contribution in [0, 0.1) is 24.5 Å². The fourth-order valence-electron chi connectivity index (χ4n) is 2.40. The molecule has 1 amide bonds. The molecule has 2 atom stereocenters. The molecule has 1 aromatic rings. The van der Waals surface area contributed by atoms with E-state index in [-0.39, 0.29) is 40.8 Å². The number of carbonyl (C=O) groups excluding carboxylic acids is 1. The van der Waals surface area contributed by atoms with Gasteiger partial charge in [-0.3, -0.25) is 9.59 Å². The van der Waals surface area contributed by atoms with Crippen LogP contribution < -0.4 is 10.1 Å². The van der Waals surface area contributed by atoms with Crippen molar-refractivity contribution in [3.8, 4) is 5.75 Å². The van der Waals surface area contributed by atoms with Crippen LogP contribution in [-0.4, -0.2) is 28.8 Å². The Hall–Kier alpha value is -1.83. The summed E-state index contributed by atoms with van der Waals surface area (Å²) in [4.78, 5) is 22.4. The summed E-state index contributed by atoms with van der Waals surface area (Å²) in [6.45, 7) is 5.95. The monoisotopic (exact) mass is 389 g/mol. The number of anilines is 1. The van der Waals surface area contributed by atoms with Gasteiger partial charge in [0.15, 0.2) is 11.6 Å². The first-order valence-corrected chi connectivity index (χ1v) is 8.93. The summed E-state index contributed by atoms with van der Waals surface area (Å²) >= 11 is 4.33. The first-order valence-electron chi connectivity index (χ1n) is 8.41. The van der Waals surface area contributed by atoms with Crippen molar-refractivity contribution in [1.29, 1.82) is 0 Å². The molecule has 2 unspecified atom stereocenters. The molecule has 0 radical (unpaired) electrons. The topological polar surface area (TPSA) is 75.6 Å². The van der Waals surface area contributed by atoms with Crippen molar-refractivity contribution in [2.24, 2.45) is 5.92 Å². The third kappa shape index (κ3) is 5.59. The first kappa shape index (κ1) is 22.2. The van der Waals surface area contributed by atoms with Crippen LogP contribution in [0.15, 0.2) is 0 Å². The number of carboxylic acid groups (broad SMARTS) is 1. The maximum absolute atomic E-state index is 14.9. The zero-order valence-electron chi connectivity index (χ0n) is 15.4. The van der Waals surface area contributed by atoms with Crippen molar-refractivity contribution >= 4 is 30.2 Å². The number of carboxylic acids is 1. The van der Waals surface area contributed by atoms with Gasteiger partial charge in [0.25, 0.3) is 0 Å². The number of rotatable bonds is 9. The molecule has 0 aliphatic rings. The van der Waals surface area contributed by atoms with Crippen LogP contribution in [0.25, 0.3) is 0 Å². The van der Waals surface area contributed by atoms with Crippen molar-refractivity contribution < 1.29 is 28.2 Å². The van der Waals surface area contributed by atoms with Crippen molar-refractivity contribution in [3.63, 3.8) is 0 Å². The average molecular weight is 389 g/mol. The molecule has 0 fully saturated rings. The van der Waals surface area contributed by atoms with Crippen molar-refractivity contribution in [1.82, 2.24) is 0 Å². The first-order chi connectivity index (χ1) is 12.1. The molecule has 0 heterocycles. The van der Waals surface area contributed by atoms with Crippen molar-refractivity contribution in [2.45, 2.75) is 52.2 Å². The highest BCUT2D eigenvalue weighted by molar-refractivity contribution is 7.80. The molecule has 1 aromatic carbocycles.